The van der Waals surface area contributed by atoms with Crippen molar-refractivity contribution in [2.45, 2.75) is 44.7 Å². The molecule has 0 bridgehead atoms. The summed E-state index contributed by atoms with van der Waals surface area (Å²) in [5, 5.41) is 16.6. The maximum Gasteiger partial charge on any atom is 0.317 e. The second kappa shape index (κ2) is 12.4. The van der Waals surface area contributed by atoms with Gasteiger partial charge in [0.2, 0.25) is 0 Å². The Hall–Kier alpha value is -3.10. The molecular formula is C25H31ClN4O4. The molecule has 1 amide bonds. The molecule has 0 heterocycles. The largest absolute Gasteiger partial charge is 0.480 e. The predicted molar refractivity (Wildman–Crippen MR) is 133 cm³/mol. The van der Waals surface area contributed by atoms with Crippen molar-refractivity contribution in [2.75, 3.05) is 25.9 Å². The molecule has 0 radical (unpaired) electrons. The SMILES string of the molecule is CN(C(=O)CO/N=C(\c1cccc(Cl)c1)c1ccc(N)c(CNCC(=O)O)c1)C1CCCCC1. The molecule has 1 fully saturated rings. The zero-order chi connectivity index (χ0) is 24.5. The van der Waals surface area contributed by atoms with Crippen LogP contribution in [0.2, 0.25) is 5.02 Å². The highest BCUT2D eigenvalue weighted by atomic mass is 35.5. The van der Waals surface area contributed by atoms with E-state index in [9.17, 15) is 9.59 Å². The number of amides is 1. The van der Waals surface area contributed by atoms with Gasteiger partial charge in [-0.3, -0.25) is 9.59 Å². The first-order chi connectivity index (χ1) is 16.3. The van der Waals surface area contributed by atoms with Gasteiger partial charge in [0, 0.05) is 41.5 Å². The van der Waals surface area contributed by atoms with E-state index in [4.69, 9.17) is 27.3 Å². The van der Waals surface area contributed by atoms with Crippen molar-refractivity contribution in [1.29, 1.82) is 0 Å². The fourth-order valence-electron chi connectivity index (χ4n) is 4.04. The fraction of sp³-hybridized carbons (Fsp3) is 0.400. The number of hydrogen-bond donors (Lipinski definition) is 3. The second-order valence-corrected chi connectivity index (χ2v) is 8.87. The van der Waals surface area contributed by atoms with Gasteiger partial charge in [-0.15, -0.1) is 0 Å². The zero-order valence-electron chi connectivity index (χ0n) is 19.3. The van der Waals surface area contributed by atoms with Gasteiger partial charge in [-0.2, -0.15) is 0 Å². The maximum absolute atomic E-state index is 12.7. The van der Waals surface area contributed by atoms with Crippen molar-refractivity contribution >= 4 is 34.9 Å². The summed E-state index contributed by atoms with van der Waals surface area (Å²) in [6.07, 6.45) is 5.53. The Bertz CT molecular complexity index is 1040. The maximum atomic E-state index is 12.7. The first-order valence-corrected chi connectivity index (χ1v) is 11.8. The number of benzene rings is 2. The Kier molecular flexibility index (Phi) is 9.30. The van der Waals surface area contributed by atoms with Crippen LogP contribution in [0.15, 0.2) is 47.6 Å². The molecule has 0 saturated heterocycles. The van der Waals surface area contributed by atoms with Crippen LogP contribution >= 0.6 is 11.6 Å². The molecule has 3 rings (SSSR count). The molecule has 0 atom stereocenters. The number of hydrogen-bond acceptors (Lipinski definition) is 6. The van der Waals surface area contributed by atoms with E-state index in [1.807, 2.05) is 25.2 Å². The lowest BCUT2D eigenvalue weighted by Gasteiger charge is -2.30. The van der Waals surface area contributed by atoms with Crippen LogP contribution in [-0.2, 0) is 21.0 Å². The molecule has 2 aromatic carbocycles. The zero-order valence-corrected chi connectivity index (χ0v) is 20.1. The summed E-state index contributed by atoms with van der Waals surface area (Å²) in [5.41, 5.74) is 9.25. The first-order valence-electron chi connectivity index (χ1n) is 11.4. The molecule has 1 saturated carbocycles. The van der Waals surface area contributed by atoms with E-state index in [-0.39, 0.29) is 31.6 Å². The number of carboxylic acids is 1. The van der Waals surface area contributed by atoms with Crippen LogP contribution in [0.4, 0.5) is 5.69 Å². The smallest absolute Gasteiger partial charge is 0.317 e. The van der Waals surface area contributed by atoms with E-state index < -0.39 is 5.97 Å². The first kappa shape index (κ1) is 25.5. The van der Waals surface area contributed by atoms with E-state index >= 15 is 0 Å². The van der Waals surface area contributed by atoms with E-state index in [1.54, 1.807) is 29.2 Å². The number of halogens is 1. The summed E-state index contributed by atoms with van der Waals surface area (Å²) in [7, 11) is 1.82. The number of oxime groups is 1. The number of anilines is 1. The number of nitrogens with one attached hydrogen (secondary N) is 1. The number of nitrogens with two attached hydrogens (primary N) is 1. The van der Waals surface area contributed by atoms with E-state index in [0.29, 0.717) is 22.0 Å². The van der Waals surface area contributed by atoms with Gasteiger partial charge < -0.3 is 25.9 Å². The molecule has 0 aromatic heterocycles. The third-order valence-electron chi connectivity index (χ3n) is 5.97. The number of nitrogen functional groups attached to an aromatic ring is 1. The van der Waals surface area contributed by atoms with Gasteiger partial charge in [0.15, 0.2) is 6.61 Å². The molecule has 9 heteroatoms. The Morgan fingerprint density at radius 3 is 2.62 bits per heavy atom. The summed E-state index contributed by atoms with van der Waals surface area (Å²) in [5.74, 6) is -1.07. The predicted octanol–water partition coefficient (Wildman–Crippen LogP) is 3.66. The summed E-state index contributed by atoms with van der Waals surface area (Å²) >= 11 is 6.20. The highest BCUT2D eigenvalue weighted by molar-refractivity contribution is 6.31. The molecule has 34 heavy (non-hydrogen) atoms. The van der Waals surface area contributed by atoms with Crippen molar-refractivity contribution in [2.24, 2.45) is 5.16 Å². The lowest BCUT2D eigenvalue weighted by molar-refractivity contribution is -0.137. The van der Waals surface area contributed by atoms with Crippen LogP contribution in [0.3, 0.4) is 0 Å². The number of nitrogens with zero attached hydrogens (tertiary/aromatic N) is 2. The Balaban J connectivity index is 1.79. The summed E-state index contributed by atoms with van der Waals surface area (Å²) in [6.45, 7) is -0.0714. The molecule has 0 unspecified atom stereocenters. The molecule has 8 nitrogen and oxygen atoms in total. The van der Waals surface area contributed by atoms with Crippen LogP contribution in [0.5, 0.6) is 0 Å². The highest BCUT2D eigenvalue weighted by Crippen LogP contribution is 2.22. The Morgan fingerprint density at radius 2 is 1.91 bits per heavy atom. The van der Waals surface area contributed by atoms with Gasteiger partial charge in [0.05, 0.1) is 6.54 Å². The van der Waals surface area contributed by atoms with Gasteiger partial charge in [-0.25, -0.2) is 0 Å². The van der Waals surface area contributed by atoms with Crippen LogP contribution in [0.1, 0.15) is 48.8 Å². The summed E-state index contributed by atoms with van der Waals surface area (Å²) < 4.78 is 0. The molecule has 1 aliphatic rings. The van der Waals surface area contributed by atoms with E-state index in [2.05, 4.69) is 10.5 Å². The van der Waals surface area contributed by atoms with Crippen LogP contribution in [0.25, 0.3) is 0 Å². The van der Waals surface area contributed by atoms with Crippen molar-refractivity contribution in [3.63, 3.8) is 0 Å². The number of carboxylic acid groups (broad SMARTS) is 1. The molecule has 4 N–H and O–H groups in total. The average Bonchev–Trinajstić information content (AvgIpc) is 2.83. The molecular weight excluding hydrogens is 456 g/mol. The minimum absolute atomic E-state index is 0.114. The fourth-order valence-corrected chi connectivity index (χ4v) is 4.23. The molecule has 0 spiro atoms. The minimum atomic E-state index is -0.952. The quantitative estimate of drug-likeness (QED) is 0.268. The van der Waals surface area contributed by atoms with Gasteiger partial charge in [-0.1, -0.05) is 54.2 Å². The summed E-state index contributed by atoms with van der Waals surface area (Å²) in [6, 6.07) is 12.8. The van der Waals surface area contributed by atoms with Gasteiger partial charge in [0.25, 0.3) is 5.91 Å². The third-order valence-corrected chi connectivity index (χ3v) is 6.20. The lowest BCUT2D eigenvalue weighted by atomic mass is 9.94. The normalized spacial score (nSPS) is 14.6. The van der Waals surface area contributed by atoms with Crippen LogP contribution < -0.4 is 11.1 Å². The van der Waals surface area contributed by atoms with Crippen molar-refractivity contribution in [1.82, 2.24) is 10.2 Å². The number of carbonyl (C=O) groups is 2. The lowest BCUT2D eigenvalue weighted by Crippen LogP contribution is -2.40. The standard InChI is InChI=1S/C25H31ClN4O4/c1-30(21-8-3-2-4-9-21)23(31)16-34-29-25(17-6-5-7-20(26)13-17)18-10-11-22(27)19(12-18)14-28-15-24(32)33/h5-7,10-13,21,28H,2-4,8-9,14-16,27H2,1H3,(H,32,33)/b29-25+. The van der Waals surface area contributed by atoms with Crippen molar-refractivity contribution in [3.8, 4) is 0 Å². The molecule has 182 valence electrons. The van der Waals surface area contributed by atoms with Gasteiger partial charge >= 0.3 is 5.97 Å². The number of aliphatic carboxylic acids is 1. The number of rotatable bonds is 10. The molecule has 2 aromatic rings. The van der Waals surface area contributed by atoms with Crippen molar-refractivity contribution < 1.29 is 19.5 Å². The molecule has 1 aliphatic carbocycles. The average molecular weight is 487 g/mol. The second-order valence-electron chi connectivity index (χ2n) is 8.43. The van der Waals surface area contributed by atoms with E-state index in [1.165, 1.54) is 6.42 Å². The number of likely N-dealkylation sites (N-methyl/N-ethyl adjacent to an activating group) is 1. The highest BCUT2D eigenvalue weighted by Gasteiger charge is 2.22. The van der Waals surface area contributed by atoms with Crippen LogP contribution in [-0.4, -0.2) is 53.8 Å². The molecule has 0 aliphatic heterocycles. The van der Waals surface area contributed by atoms with Gasteiger partial charge in [0.1, 0.15) is 5.71 Å². The monoisotopic (exact) mass is 486 g/mol. The number of carbonyl (C=O) groups excluding carboxylic acids is 1. The summed E-state index contributed by atoms with van der Waals surface area (Å²) in [4.78, 5) is 30.8. The van der Waals surface area contributed by atoms with Crippen molar-refractivity contribution in [3.05, 3.63) is 64.2 Å². The Morgan fingerprint density at radius 1 is 1.18 bits per heavy atom. The van der Waals surface area contributed by atoms with Crippen LogP contribution in [0, 0.1) is 0 Å². The van der Waals surface area contributed by atoms with Gasteiger partial charge in [-0.05, 0) is 42.7 Å². The topological polar surface area (TPSA) is 117 Å². The third kappa shape index (κ3) is 7.20. The Labute approximate surface area is 204 Å². The van der Waals surface area contributed by atoms with E-state index in [0.717, 1.165) is 36.8 Å². The minimum Gasteiger partial charge on any atom is -0.480 e.